The van der Waals surface area contributed by atoms with E-state index in [-0.39, 0.29) is 6.10 Å². The molecular weight excluding hydrogens is 632 g/mol. The minimum Gasteiger partial charge on any atom is -0.478 e. The molecular formula is C37H44N2O10. The number of carboxylic acid groups (broad SMARTS) is 4. The summed E-state index contributed by atoms with van der Waals surface area (Å²) in [7, 11) is 0. The van der Waals surface area contributed by atoms with Crippen LogP contribution < -0.4 is 0 Å². The molecule has 5 N–H and O–H groups in total. The number of rotatable bonds is 14. The molecule has 1 saturated heterocycles. The molecule has 3 aromatic carbocycles. The van der Waals surface area contributed by atoms with Crippen molar-refractivity contribution in [2.24, 2.45) is 0 Å². The molecule has 12 heteroatoms. The van der Waals surface area contributed by atoms with Crippen LogP contribution in [0.5, 0.6) is 0 Å². The average Bonchev–Trinajstić information content (AvgIpc) is 3.10. The fourth-order valence-corrected chi connectivity index (χ4v) is 4.78. The minimum atomic E-state index is -1.26. The van der Waals surface area contributed by atoms with Crippen LogP contribution in [0.15, 0.2) is 115 Å². The van der Waals surface area contributed by atoms with Crippen LogP contribution in [0.4, 0.5) is 0 Å². The molecule has 1 heterocycles. The van der Waals surface area contributed by atoms with E-state index in [1.54, 1.807) is 0 Å². The van der Waals surface area contributed by atoms with Crippen LogP contribution in [0.25, 0.3) is 0 Å². The Morgan fingerprint density at radius 3 is 1.35 bits per heavy atom. The smallest absolute Gasteiger partial charge is 0.328 e. The van der Waals surface area contributed by atoms with E-state index < -0.39 is 29.5 Å². The van der Waals surface area contributed by atoms with Gasteiger partial charge < -0.3 is 35.2 Å². The largest absolute Gasteiger partial charge is 0.478 e. The average molecular weight is 677 g/mol. The monoisotopic (exact) mass is 676 g/mol. The quantitative estimate of drug-likeness (QED) is 0.154. The van der Waals surface area contributed by atoms with Crippen molar-refractivity contribution in [2.75, 3.05) is 45.9 Å². The van der Waals surface area contributed by atoms with Crippen molar-refractivity contribution in [3.05, 3.63) is 132 Å². The molecule has 0 spiro atoms. The number of benzene rings is 3. The fourth-order valence-electron chi connectivity index (χ4n) is 4.78. The zero-order valence-electron chi connectivity index (χ0n) is 27.4. The number of aliphatic hydroxyl groups is 1. The first-order valence-electron chi connectivity index (χ1n) is 15.6. The molecule has 262 valence electrons. The van der Waals surface area contributed by atoms with Crippen molar-refractivity contribution in [3.63, 3.8) is 0 Å². The molecule has 0 radical (unpaired) electrons. The van der Waals surface area contributed by atoms with Crippen molar-refractivity contribution in [1.29, 1.82) is 0 Å². The maximum absolute atomic E-state index is 10.9. The first-order valence-corrected chi connectivity index (χ1v) is 15.6. The van der Waals surface area contributed by atoms with Gasteiger partial charge >= 0.3 is 23.9 Å². The summed E-state index contributed by atoms with van der Waals surface area (Å²) in [6.45, 7) is 8.62. The van der Waals surface area contributed by atoms with Gasteiger partial charge in [0, 0.05) is 63.6 Å². The Bertz CT molecular complexity index is 1380. The third-order valence-corrected chi connectivity index (χ3v) is 7.41. The Hall–Kier alpha value is -5.14. The second-order valence-electron chi connectivity index (χ2n) is 11.2. The Labute approximate surface area is 285 Å². The molecule has 1 fully saturated rings. The lowest BCUT2D eigenvalue weighted by Gasteiger charge is -2.36. The molecule has 1 unspecified atom stereocenters. The Kier molecular flexibility index (Phi) is 17.7. The van der Waals surface area contributed by atoms with Gasteiger partial charge in [0.05, 0.1) is 12.2 Å². The van der Waals surface area contributed by atoms with Gasteiger partial charge in [-0.3, -0.25) is 4.90 Å². The van der Waals surface area contributed by atoms with E-state index in [4.69, 9.17) is 25.2 Å². The normalized spacial score (nSPS) is 14.7. The second-order valence-corrected chi connectivity index (χ2v) is 11.2. The standard InChI is InChI=1S/C29H36N2O2.2C4H4O4/c1-29(32,27-15-9-4-10-16-27)17-18-30-19-21-31(22-20-30)23-24-33-28(25-11-5-2-6-12-25)26-13-7-3-8-14-26;2*5-3(6)1-2-4(7)8/h2-16,28,32H,17-24H2,1H3;2*1-2H,(H,5,6)(H,7,8)/b;2*2-1-. The van der Waals surface area contributed by atoms with Gasteiger partial charge in [0.15, 0.2) is 0 Å². The summed E-state index contributed by atoms with van der Waals surface area (Å²) >= 11 is 0. The van der Waals surface area contributed by atoms with Gasteiger partial charge in [0.25, 0.3) is 0 Å². The van der Waals surface area contributed by atoms with Crippen LogP contribution in [0, 0.1) is 0 Å². The first-order chi connectivity index (χ1) is 23.4. The molecule has 1 atom stereocenters. The minimum absolute atomic E-state index is 0.0334. The number of nitrogens with zero attached hydrogens (tertiary/aromatic N) is 2. The molecule has 0 aromatic heterocycles. The molecule has 1 aliphatic rings. The van der Waals surface area contributed by atoms with E-state index in [1.165, 1.54) is 11.1 Å². The van der Waals surface area contributed by atoms with Crippen LogP contribution >= 0.6 is 0 Å². The fraction of sp³-hybridized carbons (Fsp3) is 0.297. The van der Waals surface area contributed by atoms with E-state index in [2.05, 4.69) is 58.3 Å². The summed E-state index contributed by atoms with van der Waals surface area (Å²) in [6, 6.07) is 30.9. The van der Waals surface area contributed by atoms with Crippen molar-refractivity contribution < 1.29 is 49.4 Å². The van der Waals surface area contributed by atoms with Crippen LogP contribution in [0.1, 0.15) is 36.1 Å². The topological polar surface area (TPSA) is 185 Å². The summed E-state index contributed by atoms with van der Waals surface area (Å²) in [6.07, 6.45) is 2.94. The molecule has 49 heavy (non-hydrogen) atoms. The SMILES string of the molecule is CC(O)(CCN1CCN(CCOC(c2ccccc2)c2ccccc2)CC1)c1ccccc1.O=C(O)/C=C\C(=O)O.O=C(O)/C=C\C(=O)O. The van der Waals surface area contributed by atoms with E-state index in [0.29, 0.717) is 30.9 Å². The van der Waals surface area contributed by atoms with Gasteiger partial charge in [-0.25, -0.2) is 19.2 Å². The van der Waals surface area contributed by atoms with Gasteiger partial charge in [0.1, 0.15) is 6.10 Å². The van der Waals surface area contributed by atoms with Gasteiger partial charge in [-0.2, -0.15) is 0 Å². The molecule has 0 aliphatic carbocycles. The number of piperazine rings is 1. The number of aliphatic carboxylic acids is 4. The molecule has 0 bridgehead atoms. The molecule has 0 amide bonds. The van der Waals surface area contributed by atoms with Crippen LogP contribution in [-0.2, 0) is 29.5 Å². The lowest BCUT2D eigenvalue weighted by molar-refractivity contribution is -0.134. The van der Waals surface area contributed by atoms with Gasteiger partial charge in [-0.05, 0) is 30.0 Å². The van der Waals surface area contributed by atoms with Crippen molar-refractivity contribution >= 4 is 23.9 Å². The number of carboxylic acids is 4. The third kappa shape index (κ3) is 17.0. The Morgan fingerprint density at radius 2 is 0.980 bits per heavy atom. The maximum Gasteiger partial charge on any atom is 0.328 e. The highest BCUT2D eigenvalue weighted by Crippen LogP contribution is 2.26. The van der Waals surface area contributed by atoms with E-state index >= 15 is 0 Å². The summed E-state index contributed by atoms with van der Waals surface area (Å²) in [5, 5.41) is 42.1. The Morgan fingerprint density at radius 1 is 0.633 bits per heavy atom. The molecule has 12 nitrogen and oxygen atoms in total. The predicted octanol–water partition coefficient (Wildman–Crippen LogP) is 4.13. The lowest BCUT2D eigenvalue weighted by Crippen LogP contribution is -2.48. The Balaban J connectivity index is 0.000000432. The predicted molar refractivity (Wildman–Crippen MR) is 183 cm³/mol. The van der Waals surface area contributed by atoms with Crippen LogP contribution in [0.3, 0.4) is 0 Å². The van der Waals surface area contributed by atoms with E-state index in [1.807, 2.05) is 49.4 Å². The van der Waals surface area contributed by atoms with E-state index in [9.17, 15) is 24.3 Å². The highest BCUT2D eigenvalue weighted by Gasteiger charge is 2.25. The molecule has 0 saturated carbocycles. The first kappa shape index (κ1) is 40.0. The molecule has 1 aliphatic heterocycles. The molecule has 3 aromatic rings. The van der Waals surface area contributed by atoms with Gasteiger partial charge in [-0.15, -0.1) is 0 Å². The van der Waals surface area contributed by atoms with Crippen molar-refractivity contribution in [1.82, 2.24) is 9.80 Å². The third-order valence-electron chi connectivity index (χ3n) is 7.41. The van der Waals surface area contributed by atoms with Crippen LogP contribution in [0.2, 0.25) is 0 Å². The lowest BCUT2D eigenvalue weighted by atomic mass is 9.92. The molecule has 4 rings (SSSR count). The highest BCUT2D eigenvalue weighted by atomic mass is 16.5. The summed E-state index contributed by atoms with van der Waals surface area (Å²) < 4.78 is 6.40. The highest BCUT2D eigenvalue weighted by molar-refractivity contribution is 5.90. The zero-order chi connectivity index (χ0) is 36.1. The second kappa shape index (κ2) is 21.7. The zero-order valence-corrected chi connectivity index (χ0v) is 27.4. The van der Waals surface area contributed by atoms with Crippen molar-refractivity contribution in [3.8, 4) is 0 Å². The number of hydrogen-bond acceptors (Lipinski definition) is 8. The maximum atomic E-state index is 10.9. The number of ether oxygens (including phenoxy) is 1. The van der Waals surface area contributed by atoms with Crippen LogP contribution in [-0.4, -0.2) is 105 Å². The summed E-state index contributed by atoms with van der Waals surface area (Å²) in [5.41, 5.74) is 2.60. The number of carbonyl (C=O) groups is 4. The van der Waals surface area contributed by atoms with Gasteiger partial charge in [0.2, 0.25) is 0 Å². The van der Waals surface area contributed by atoms with Gasteiger partial charge in [-0.1, -0.05) is 91.0 Å². The van der Waals surface area contributed by atoms with Crippen molar-refractivity contribution in [2.45, 2.75) is 25.0 Å². The summed E-state index contributed by atoms with van der Waals surface area (Å²) in [5.74, 6) is -5.03. The van der Waals surface area contributed by atoms with E-state index in [0.717, 1.165) is 51.3 Å². The summed E-state index contributed by atoms with van der Waals surface area (Å²) in [4.78, 5) is 43.2. The number of hydrogen-bond donors (Lipinski definition) is 5.